The zero-order chi connectivity index (χ0) is 11.8. The van der Waals surface area contributed by atoms with E-state index in [2.05, 4.69) is 5.32 Å². The summed E-state index contributed by atoms with van der Waals surface area (Å²) in [4.78, 5) is 0. The summed E-state index contributed by atoms with van der Waals surface area (Å²) in [6.45, 7) is 2.82. The molecule has 0 saturated carbocycles. The molecule has 0 radical (unpaired) electrons. The molecule has 1 fully saturated rings. The molecule has 0 bridgehead atoms. The summed E-state index contributed by atoms with van der Waals surface area (Å²) in [5, 5.41) is 3.79. The SMILES string of the molecule is CC1(c2cc(Cl)ccc2C(F)F)CCCN1. The largest absolute Gasteiger partial charge is 0.308 e. The van der Waals surface area contributed by atoms with Crippen LogP contribution in [0.4, 0.5) is 8.78 Å². The van der Waals surface area contributed by atoms with Crippen molar-refractivity contribution >= 4 is 11.6 Å². The highest BCUT2D eigenvalue weighted by Crippen LogP contribution is 2.37. The first-order valence-corrected chi connectivity index (χ1v) is 5.74. The molecule has 16 heavy (non-hydrogen) atoms. The Morgan fingerprint density at radius 3 is 2.75 bits per heavy atom. The molecule has 1 aromatic carbocycles. The molecular formula is C12H14ClF2N. The predicted molar refractivity (Wildman–Crippen MR) is 61.0 cm³/mol. The first-order valence-electron chi connectivity index (χ1n) is 5.36. The van der Waals surface area contributed by atoms with Crippen LogP contribution in [0.25, 0.3) is 0 Å². The third-order valence-electron chi connectivity index (χ3n) is 3.21. The highest BCUT2D eigenvalue weighted by atomic mass is 35.5. The van der Waals surface area contributed by atoms with Crippen molar-refractivity contribution in [3.8, 4) is 0 Å². The lowest BCUT2D eigenvalue weighted by atomic mass is 9.87. The fourth-order valence-corrected chi connectivity index (χ4v) is 2.49. The van der Waals surface area contributed by atoms with Gasteiger partial charge in [0.05, 0.1) is 0 Å². The van der Waals surface area contributed by atoms with Crippen molar-refractivity contribution in [3.63, 3.8) is 0 Å². The van der Waals surface area contributed by atoms with Gasteiger partial charge in [-0.05, 0) is 44.0 Å². The molecule has 1 heterocycles. The van der Waals surface area contributed by atoms with Crippen LogP contribution in [0.2, 0.25) is 5.02 Å². The third kappa shape index (κ3) is 2.06. The van der Waals surface area contributed by atoms with Gasteiger partial charge >= 0.3 is 0 Å². The number of benzene rings is 1. The maximum Gasteiger partial charge on any atom is 0.264 e. The van der Waals surface area contributed by atoms with Crippen LogP contribution in [-0.4, -0.2) is 6.54 Å². The number of halogens is 3. The molecule has 1 aliphatic heterocycles. The summed E-state index contributed by atoms with van der Waals surface area (Å²) in [5.41, 5.74) is 0.352. The highest BCUT2D eigenvalue weighted by molar-refractivity contribution is 6.30. The molecule has 0 aliphatic carbocycles. The highest BCUT2D eigenvalue weighted by Gasteiger charge is 2.33. The molecule has 1 nitrogen and oxygen atoms in total. The lowest BCUT2D eigenvalue weighted by Gasteiger charge is -2.27. The van der Waals surface area contributed by atoms with Gasteiger partial charge in [0.15, 0.2) is 0 Å². The summed E-state index contributed by atoms with van der Waals surface area (Å²) in [7, 11) is 0. The van der Waals surface area contributed by atoms with Crippen LogP contribution in [0.15, 0.2) is 18.2 Å². The van der Waals surface area contributed by atoms with Gasteiger partial charge < -0.3 is 5.32 Å². The molecular weight excluding hydrogens is 232 g/mol. The Hall–Kier alpha value is -0.670. The van der Waals surface area contributed by atoms with Gasteiger partial charge in [-0.1, -0.05) is 17.7 Å². The zero-order valence-electron chi connectivity index (χ0n) is 9.06. The first-order chi connectivity index (χ1) is 7.53. The standard InChI is InChI=1S/C12H14ClF2N/c1-12(5-2-6-16-12)10-7-8(13)3-4-9(10)11(14)15/h3-4,7,11,16H,2,5-6H2,1H3. The van der Waals surface area contributed by atoms with Gasteiger partial charge in [-0.2, -0.15) is 0 Å². The van der Waals surface area contributed by atoms with Crippen LogP contribution in [-0.2, 0) is 5.54 Å². The molecule has 1 unspecified atom stereocenters. The summed E-state index contributed by atoms with van der Waals surface area (Å²) in [6, 6.07) is 4.60. The average Bonchev–Trinajstić information content (AvgIpc) is 2.66. The van der Waals surface area contributed by atoms with Crippen LogP contribution < -0.4 is 5.32 Å². The number of nitrogens with one attached hydrogen (secondary N) is 1. The van der Waals surface area contributed by atoms with Crippen LogP contribution in [0.1, 0.15) is 37.3 Å². The van der Waals surface area contributed by atoms with E-state index in [1.807, 2.05) is 6.92 Å². The Labute approximate surface area is 98.8 Å². The van der Waals surface area contributed by atoms with Crippen molar-refractivity contribution in [2.24, 2.45) is 0 Å². The van der Waals surface area contributed by atoms with E-state index in [1.54, 1.807) is 6.07 Å². The fourth-order valence-electron chi connectivity index (χ4n) is 2.32. The van der Waals surface area contributed by atoms with Crippen molar-refractivity contribution in [2.75, 3.05) is 6.54 Å². The van der Waals surface area contributed by atoms with Crippen molar-refractivity contribution in [1.82, 2.24) is 5.32 Å². The second kappa shape index (κ2) is 4.30. The predicted octanol–water partition coefficient (Wildman–Crippen LogP) is 3.88. The average molecular weight is 246 g/mol. The molecule has 1 saturated heterocycles. The molecule has 1 atom stereocenters. The van der Waals surface area contributed by atoms with E-state index in [0.29, 0.717) is 10.6 Å². The minimum Gasteiger partial charge on any atom is -0.308 e. The van der Waals surface area contributed by atoms with Gasteiger partial charge in [0, 0.05) is 16.1 Å². The van der Waals surface area contributed by atoms with E-state index in [4.69, 9.17) is 11.6 Å². The minimum atomic E-state index is -2.45. The first kappa shape index (κ1) is 11.8. The Morgan fingerprint density at radius 1 is 1.44 bits per heavy atom. The third-order valence-corrected chi connectivity index (χ3v) is 3.45. The molecule has 0 aromatic heterocycles. The van der Waals surface area contributed by atoms with Gasteiger partial charge in [0.25, 0.3) is 6.43 Å². The second-order valence-corrected chi connectivity index (χ2v) is 4.83. The second-order valence-electron chi connectivity index (χ2n) is 4.39. The lowest BCUT2D eigenvalue weighted by molar-refractivity contribution is 0.148. The van der Waals surface area contributed by atoms with E-state index in [1.165, 1.54) is 12.1 Å². The van der Waals surface area contributed by atoms with Crippen LogP contribution >= 0.6 is 11.6 Å². The lowest BCUT2D eigenvalue weighted by Crippen LogP contribution is -2.34. The van der Waals surface area contributed by atoms with Crippen molar-refractivity contribution < 1.29 is 8.78 Å². The van der Waals surface area contributed by atoms with E-state index in [9.17, 15) is 8.78 Å². The van der Waals surface area contributed by atoms with E-state index >= 15 is 0 Å². The van der Waals surface area contributed by atoms with Crippen molar-refractivity contribution in [1.29, 1.82) is 0 Å². The smallest absolute Gasteiger partial charge is 0.264 e. The Bertz CT molecular complexity index is 387. The quantitative estimate of drug-likeness (QED) is 0.834. The monoisotopic (exact) mass is 245 g/mol. The van der Waals surface area contributed by atoms with Crippen molar-refractivity contribution in [3.05, 3.63) is 34.3 Å². The molecule has 0 amide bonds. The summed E-state index contributed by atoms with van der Waals surface area (Å²) >= 11 is 5.89. The molecule has 1 aromatic rings. The molecule has 0 spiro atoms. The van der Waals surface area contributed by atoms with E-state index in [0.717, 1.165) is 19.4 Å². The van der Waals surface area contributed by atoms with Crippen LogP contribution in [0.3, 0.4) is 0 Å². The number of hydrogen-bond donors (Lipinski definition) is 1. The van der Waals surface area contributed by atoms with Gasteiger partial charge in [-0.25, -0.2) is 8.78 Å². The van der Waals surface area contributed by atoms with Crippen molar-refractivity contribution in [2.45, 2.75) is 31.7 Å². The number of alkyl halides is 2. The normalized spacial score (nSPS) is 25.3. The molecule has 2 rings (SSSR count). The van der Waals surface area contributed by atoms with E-state index < -0.39 is 6.43 Å². The number of rotatable bonds is 2. The summed E-state index contributed by atoms with van der Waals surface area (Å²) in [5.74, 6) is 0. The zero-order valence-corrected chi connectivity index (χ0v) is 9.82. The van der Waals surface area contributed by atoms with E-state index in [-0.39, 0.29) is 11.1 Å². The Morgan fingerprint density at radius 2 is 2.19 bits per heavy atom. The summed E-state index contributed by atoms with van der Waals surface area (Å²) in [6.07, 6.45) is -0.579. The molecule has 1 aliphatic rings. The molecule has 1 N–H and O–H groups in total. The maximum atomic E-state index is 12.9. The topological polar surface area (TPSA) is 12.0 Å². The maximum absolute atomic E-state index is 12.9. The molecule has 4 heteroatoms. The van der Waals surface area contributed by atoms with Gasteiger partial charge in [-0.15, -0.1) is 0 Å². The van der Waals surface area contributed by atoms with Gasteiger partial charge in [0.2, 0.25) is 0 Å². The van der Waals surface area contributed by atoms with Gasteiger partial charge in [0.1, 0.15) is 0 Å². The van der Waals surface area contributed by atoms with Crippen LogP contribution in [0.5, 0.6) is 0 Å². The fraction of sp³-hybridized carbons (Fsp3) is 0.500. The Balaban J connectivity index is 2.48. The summed E-state index contributed by atoms with van der Waals surface area (Å²) < 4.78 is 25.8. The Kier molecular flexibility index (Phi) is 3.17. The molecule has 88 valence electrons. The number of hydrogen-bond acceptors (Lipinski definition) is 1. The van der Waals surface area contributed by atoms with Gasteiger partial charge in [-0.3, -0.25) is 0 Å². The minimum absolute atomic E-state index is 0.0845. The van der Waals surface area contributed by atoms with Crippen LogP contribution in [0, 0.1) is 0 Å².